The van der Waals surface area contributed by atoms with Crippen molar-refractivity contribution in [3.05, 3.63) is 56.1 Å². The third kappa shape index (κ3) is 1.77. The highest BCUT2D eigenvalue weighted by molar-refractivity contribution is 5.97. The van der Waals surface area contributed by atoms with E-state index in [1.54, 1.807) is 0 Å². The molecular formula is C11H6N2O5. The SMILES string of the molecule is O=Cc1ccc2c([N+](=O)[O-])c([N+](=O)[O-])ccc2c1. The molecule has 0 aliphatic heterocycles. The van der Waals surface area contributed by atoms with E-state index in [4.69, 9.17) is 0 Å². The number of hydrogen-bond donors (Lipinski definition) is 0. The molecule has 0 aromatic heterocycles. The monoisotopic (exact) mass is 246 g/mol. The average Bonchev–Trinajstić information content (AvgIpc) is 2.36. The highest BCUT2D eigenvalue weighted by Crippen LogP contribution is 2.34. The molecule has 0 amide bonds. The fraction of sp³-hybridized carbons (Fsp3) is 0. The van der Waals surface area contributed by atoms with Crippen LogP contribution in [0.4, 0.5) is 11.4 Å². The van der Waals surface area contributed by atoms with E-state index in [1.165, 1.54) is 24.3 Å². The summed E-state index contributed by atoms with van der Waals surface area (Å²) in [4.78, 5) is 30.7. The molecule has 2 aromatic carbocycles. The maximum atomic E-state index is 10.9. The van der Waals surface area contributed by atoms with Crippen LogP contribution in [-0.2, 0) is 0 Å². The van der Waals surface area contributed by atoms with Crippen molar-refractivity contribution in [1.82, 2.24) is 0 Å². The topological polar surface area (TPSA) is 103 Å². The number of nitrogens with zero attached hydrogens (tertiary/aromatic N) is 2. The fourth-order valence-electron chi connectivity index (χ4n) is 1.73. The van der Waals surface area contributed by atoms with Gasteiger partial charge in [0.2, 0.25) is 0 Å². The first-order valence-corrected chi connectivity index (χ1v) is 4.85. The number of carbonyl (C=O) groups is 1. The Bertz CT molecular complexity index is 680. The molecule has 0 heterocycles. The zero-order valence-electron chi connectivity index (χ0n) is 8.90. The predicted molar refractivity (Wildman–Crippen MR) is 62.6 cm³/mol. The van der Waals surface area contributed by atoms with E-state index in [0.29, 0.717) is 17.2 Å². The van der Waals surface area contributed by atoms with E-state index >= 15 is 0 Å². The van der Waals surface area contributed by atoms with E-state index < -0.39 is 21.2 Å². The first kappa shape index (κ1) is 11.6. The summed E-state index contributed by atoms with van der Waals surface area (Å²) in [6.07, 6.45) is 0.604. The molecule has 0 aliphatic rings. The highest BCUT2D eigenvalue weighted by Gasteiger charge is 2.26. The standard InChI is InChI=1S/C11H6N2O5/c14-6-7-1-3-9-8(5-7)2-4-10(12(15)16)11(9)13(17)18/h1-6H. The lowest BCUT2D eigenvalue weighted by Crippen LogP contribution is -1.97. The molecule has 0 fully saturated rings. The van der Waals surface area contributed by atoms with Gasteiger partial charge in [0.05, 0.1) is 15.2 Å². The molecule has 0 bridgehead atoms. The van der Waals surface area contributed by atoms with E-state index in [0.717, 1.165) is 6.07 Å². The lowest BCUT2D eigenvalue weighted by atomic mass is 10.0. The lowest BCUT2D eigenvalue weighted by Gasteiger charge is -2.01. The molecule has 2 aromatic rings. The number of hydrogen-bond acceptors (Lipinski definition) is 5. The van der Waals surface area contributed by atoms with E-state index in [9.17, 15) is 25.0 Å². The van der Waals surface area contributed by atoms with Crippen molar-refractivity contribution in [3.8, 4) is 0 Å². The minimum Gasteiger partial charge on any atom is -0.298 e. The minimum atomic E-state index is -0.800. The van der Waals surface area contributed by atoms with Crippen molar-refractivity contribution < 1.29 is 14.6 Å². The molecule has 0 N–H and O–H groups in total. The number of benzene rings is 2. The van der Waals surface area contributed by atoms with Gasteiger partial charge in [-0.15, -0.1) is 0 Å². The Morgan fingerprint density at radius 1 is 1.00 bits per heavy atom. The zero-order valence-corrected chi connectivity index (χ0v) is 8.90. The summed E-state index contributed by atoms with van der Waals surface area (Å²) < 4.78 is 0. The molecule has 18 heavy (non-hydrogen) atoms. The molecule has 2 rings (SSSR count). The van der Waals surface area contributed by atoms with Crippen LogP contribution < -0.4 is 0 Å². The van der Waals surface area contributed by atoms with Crippen molar-refractivity contribution in [1.29, 1.82) is 0 Å². The Morgan fingerprint density at radius 2 is 1.72 bits per heavy atom. The molecule has 0 radical (unpaired) electrons. The van der Waals surface area contributed by atoms with Gasteiger partial charge in [-0.3, -0.25) is 25.0 Å². The van der Waals surface area contributed by atoms with Crippen LogP contribution in [-0.4, -0.2) is 16.1 Å². The van der Waals surface area contributed by atoms with Gasteiger partial charge in [-0.1, -0.05) is 6.07 Å². The first-order chi connectivity index (χ1) is 8.54. The number of nitro benzene ring substituents is 2. The lowest BCUT2D eigenvalue weighted by molar-refractivity contribution is -0.421. The van der Waals surface area contributed by atoms with Crippen LogP contribution in [0, 0.1) is 20.2 Å². The van der Waals surface area contributed by atoms with Crippen molar-refractivity contribution in [2.45, 2.75) is 0 Å². The highest BCUT2D eigenvalue weighted by atomic mass is 16.6. The largest absolute Gasteiger partial charge is 0.353 e. The third-order valence-corrected chi connectivity index (χ3v) is 2.51. The van der Waals surface area contributed by atoms with Crippen LogP contribution >= 0.6 is 0 Å². The second-order valence-corrected chi connectivity index (χ2v) is 3.55. The molecular weight excluding hydrogens is 240 g/mol. The molecule has 7 nitrogen and oxygen atoms in total. The van der Waals surface area contributed by atoms with Gasteiger partial charge in [-0.05, 0) is 23.6 Å². The number of nitro groups is 2. The minimum absolute atomic E-state index is 0.139. The summed E-state index contributed by atoms with van der Waals surface area (Å²) in [6.45, 7) is 0. The molecule has 0 saturated carbocycles. The predicted octanol–water partition coefficient (Wildman–Crippen LogP) is 2.47. The van der Waals surface area contributed by atoms with Gasteiger partial charge >= 0.3 is 11.4 Å². The van der Waals surface area contributed by atoms with Crippen LogP contribution in [0.1, 0.15) is 10.4 Å². The van der Waals surface area contributed by atoms with Gasteiger partial charge in [-0.2, -0.15) is 0 Å². The van der Waals surface area contributed by atoms with Gasteiger partial charge in [0.25, 0.3) is 0 Å². The Labute approximate surface area is 99.9 Å². The summed E-state index contributed by atoms with van der Waals surface area (Å²) in [6, 6.07) is 6.61. The van der Waals surface area contributed by atoms with Crippen molar-refractivity contribution in [2.24, 2.45) is 0 Å². The second-order valence-electron chi connectivity index (χ2n) is 3.55. The molecule has 90 valence electrons. The maximum absolute atomic E-state index is 10.9. The van der Waals surface area contributed by atoms with Crippen LogP contribution in [0.25, 0.3) is 10.8 Å². The summed E-state index contributed by atoms with van der Waals surface area (Å²) in [7, 11) is 0. The summed E-state index contributed by atoms with van der Waals surface area (Å²) in [5, 5.41) is 22.2. The van der Waals surface area contributed by atoms with E-state index in [2.05, 4.69) is 0 Å². The van der Waals surface area contributed by atoms with Crippen molar-refractivity contribution >= 4 is 28.4 Å². The Morgan fingerprint density at radius 3 is 2.28 bits per heavy atom. The van der Waals surface area contributed by atoms with E-state index in [-0.39, 0.29) is 5.39 Å². The van der Waals surface area contributed by atoms with Gasteiger partial charge in [0.1, 0.15) is 6.29 Å². The average molecular weight is 246 g/mol. The fourth-order valence-corrected chi connectivity index (χ4v) is 1.73. The Kier molecular flexibility index (Phi) is 2.72. The smallest absolute Gasteiger partial charge is 0.298 e. The summed E-state index contributed by atoms with van der Waals surface area (Å²) >= 11 is 0. The normalized spacial score (nSPS) is 10.2. The van der Waals surface area contributed by atoms with Crippen LogP contribution in [0.15, 0.2) is 30.3 Å². The van der Waals surface area contributed by atoms with Gasteiger partial charge in [0, 0.05) is 11.6 Å². The molecule has 0 aliphatic carbocycles. The van der Waals surface area contributed by atoms with Gasteiger partial charge < -0.3 is 0 Å². The van der Waals surface area contributed by atoms with Crippen LogP contribution in [0.2, 0.25) is 0 Å². The molecule has 0 saturated heterocycles. The quantitative estimate of drug-likeness (QED) is 0.470. The zero-order chi connectivity index (χ0) is 13.3. The Hall–Kier alpha value is -2.83. The Balaban J connectivity index is 2.86. The molecule has 7 heteroatoms. The molecule has 0 spiro atoms. The number of aldehydes is 1. The van der Waals surface area contributed by atoms with Gasteiger partial charge in [0.15, 0.2) is 0 Å². The van der Waals surface area contributed by atoms with Gasteiger partial charge in [-0.25, -0.2) is 0 Å². The number of rotatable bonds is 3. The molecule has 0 unspecified atom stereocenters. The van der Waals surface area contributed by atoms with E-state index in [1.807, 2.05) is 0 Å². The summed E-state index contributed by atoms with van der Waals surface area (Å²) in [5.74, 6) is 0. The molecule has 0 atom stereocenters. The van der Waals surface area contributed by atoms with Crippen molar-refractivity contribution in [2.75, 3.05) is 0 Å². The number of fused-ring (bicyclic) bond motifs is 1. The van der Waals surface area contributed by atoms with Crippen molar-refractivity contribution in [3.63, 3.8) is 0 Å². The maximum Gasteiger partial charge on any atom is 0.353 e. The second kappa shape index (κ2) is 4.21. The van der Waals surface area contributed by atoms with Crippen LogP contribution in [0.3, 0.4) is 0 Å². The van der Waals surface area contributed by atoms with Crippen LogP contribution in [0.5, 0.6) is 0 Å². The summed E-state index contributed by atoms with van der Waals surface area (Å²) in [5.41, 5.74) is -0.771. The number of carbonyl (C=O) groups excluding carboxylic acids is 1. The first-order valence-electron chi connectivity index (χ1n) is 4.85. The third-order valence-electron chi connectivity index (χ3n) is 2.51.